The molecule has 0 aliphatic rings. The van der Waals surface area contributed by atoms with Crippen LogP contribution in [0.2, 0.25) is 10.0 Å². The van der Waals surface area contributed by atoms with Crippen molar-refractivity contribution in [2.75, 3.05) is 0 Å². The van der Waals surface area contributed by atoms with Crippen LogP contribution in [0, 0.1) is 11.6 Å². The molecule has 0 bridgehead atoms. The van der Waals surface area contributed by atoms with Crippen molar-refractivity contribution in [1.82, 2.24) is 14.4 Å². The van der Waals surface area contributed by atoms with Gasteiger partial charge in [-0.25, -0.2) is 18.8 Å². The minimum absolute atomic E-state index is 0.106. The molecule has 0 saturated carbocycles. The average Bonchev–Trinajstić information content (AvgIpc) is 2.99. The van der Waals surface area contributed by atoms with E-state index in [1.807, 2.05) is 0 Å². The van der Waals surface area contributed by atoms with E-state index in [1.165, 1.54) is 42.9 Å². The van der Waals surface area contributed by atoms with Gasteiger partial charge in [-0.2, -0.15) is 0 Å². The van der Waals surface area contributed by atoms with E-state index in [4.69, 9.17) is 23.2 Å². The minimum Gasteiger partial charge on any atom is -0.281 e. The first-order valence-corrected chi connectivity index (χ1v) is 8.56. The molecule has 0 unspecified atom stereocenters. The lowest BCUT2D eigenvalue weighted by molar-refractivity contribution is 0.626. The highest BCUT2D eigenvalue weighted by Gasteiger charge is 2.19. The Kier molecular flexibility index (Phi) is 4.59. The maximum absolute atomic E-state index is 14.5. The Morgan fingerprint density at radius 3 is 2.48 bits per heavy atom. The number of hydrogen-bond donors (Lipinski definition) is 0. The van der Waals surface area contributed by atoms with Gasteiger partial charge in [0.15, 0.2) is 11.5 Å². The number of aliphatic imine (C=N–C) groups is 1. The molecule has 0 saturated heterocycles. The number of halogens is 4. The van der Waals surface area contributed by atoms with E-state index in [9.17, 15) is 8.78 Å². The summed E-state index contributed by atoms with van der Waals surface area (Å²) in [5, 5.41) is 0.395. The molecule has 134 valence electrons. The zero-order valence-electron chi connectivity index (χ0n) is 13.6. The van der Waals surface area contributed by atoms with Crippen LogP contribution in [0.4, 0.5) is 14.6 Å². The molecule has 0 fully saturated rings. The van der Waals surface area contributed by atoms with Crippen LogP contribution in [0.25, 0.3) is 16.9 Å². The Bertz CT molecular complexity index is 1150. The van der Waals surface area contributed by atoms with Crippen LogP contribution in [-0.4, -0.2) is 20.6 Å². The summed E-state index contributed by atoms with van der Waals surface area (Å²) in [7, 11) is 0. The van der Waals surface area contributed by atoms with Crippen molar-refractivity contribution >= 4 is 40.9 Å². The average molecular weight is 403 g/mol. The first-order valence-electron chi connectivity index (χ1n) is 7.81. The van der Waals surface area contributed by atoms with Gasteiger partial charge in [0.1, 0.15) is 17.3 Å². The lowest BCUT2D eigenvalue weighted by Crippen LogP contribution is -1.91. The van der Waals surface area contributed by atoms with Gasteiger partial charge >= 0.3 is 0 Å². The molecule has 0 N–H and O–H groups in total. The fraction of sp³-hybridized carbons (Fsp3) is 0. The van der Waals surface area contributed by atoms with Crippen LogP contribution in [-0.2, 0) is 0 Å². The maximum Gasteiger partial charge on any atom is 0.165 e. The molecule has 2 aromatic carbocycles. The Morgan fingerprint density at radius 1 is 1.00 bits per heavy atom. The highest BCUT2D eigenvalue weighted by Crippen LogP contribution is 2.37. The van der Waals surface area contributed by atoms with Gasteiger partial charge in [0.2, 0.25) is 0 Å². The quantitative estimate of drug-likeness (QED) is 0.410. The lowest BCUT2D eigenvalue weighted by atomic mass is 10.1. The Morgan fingerprint density at radius 2 is 1.74 bits per heavy atom. The third-order valence-corrected chi connectivity index (χ3v) is 4.56. The second-order valence-electron chi connectivity index (χ2n) is 5.58. The van der Waals surface area contributed by atoms with Crippen molar-refractivity contribution in [3.8, 4) is 11.3 Å². The number of aromatic nitrogens is 3. The molecule has 2 aromatic heterocycles. The number of imidazole rings is 1. The first-order chi connectivity index (χ1) is 13.1. The molecular weight excluding hydrogens is 393 g/mol. The molecule has 0 amide bonds. The van der Waals surface area contributed by atoms with Crippen LogP contribution in [0.5, 0.6) is 0 Å². The van der Waals surface area contributed by atoms with Gasteiger partial charge in [-0.05, 0) is 24.3 Å². The van der Waals surface area contributed by atoms with Crippen molar-refractivity contribution < 1.29 is 8.78 Å². The van der Waals surface area contributed by atoms with Crippen LogP contribution < -0.4 is 0 Å². The van der Waals surface area contributed by atoms with Gasteiger partial charge in [0.05, 0.1) is 21.8 Å². The second kappa shape index (κ2) is 7.06. The predicted octanol–water partition coefficient (Wildman–Crippen LogP) is 5.73. The van der Waals surface area contributed by atoms with Crippen molar-refractivity contribution in [3.05, 3.63) is 82.2 Å². The molecule has 0 aliphatic heterocycles. The molecule has 0 radical (unpaired) electrons. The summed E-state index contributed by atoms with van der Waals surface area (Å²) in [6, 6.07) is 8.67. The summed E-state index contributed by atoms with van der Waals surface area (Å²) in [4.78, 5) is 12.7. The van der Waals surface area contributed by atoms with Crippen molar-refractivity contribution in [2.24, 2.45) is 4.99 Å². The highest BCUT2D eigenvalue weighted by atomic mass is 35.5. The molecule has 2 heterocycles. The smallest absolute Gasteiger partial charge is 0.165 e. The van der Waals surface area contributed by atoms with E-state index in [1.54, 1.807) is 22.7 Å². The fourth-order valence-corrected chi connectivity index (χ4v) is 3.13. The topological polar surface area (TPSA) is 42.5 Å². The van der Waals surface area contributed by atoms with Gasteiger partial charge in [0, 0.05) is 24.2 Å². The minimum atomic E-state index is -0.542. The Balaban J connectivity index is 1.96. The zero-order chi connectivity index (χ0) is 19.0. The molecule has 8 heteroatoms. The van der Waals surface area contributed by atoms with E-state index in [0.717, 1.165) is 0 Å². The molecule has 0 spiro atoms. The van der Waals surface area contributed by atoms with Crippen LogP contribution in [0.15, 0.2) is 60.0 Å². The Labute approximate surface area is 162 Å². The summed E-state index contributed by atoms with van der Waals surface area (Å²) in [5.74, 6) is -0.787. The van der Waals surface area contributed by atoms with E-state index < -0.39 is 11.6 Å². The Hall–Kier alpha value is -2.83. The van der Waals surface area contributed by atoms with Gasteiger partial charge < -0.3 is 0 Å². The van der Waals surface area contributed by atoms with Crippen molar-refractivity contribution in [3.63, 3.8) is 0 Å². The largest absolute Gasteiger partial charge is 0.281 e. The number of benzene rings is 2. The summed E-state index contributed by atoms with van der Waals surface area (Å²) in [5.41, 5.74) is 0.886. The summed E-state index contributed by atoms with van der Waals surface area (Å²) < 4.78 is 30.1. The third kappa shape index (κ3) is 3.18. The monoisotopic (exact) mass is 402 g/mol. The summed E-state index contributed by atoms with van der Waals surface area (Å²) in [6.45, 7) is 0. The van der Waals surface area contributed by atoms with E-state index >= 15 is 0 Å². The molecule has 4 aromatic rings. The predicted molar refractivity (Wildman–Crippen MR) is 102 cm³/mol. The van der Waals surface area contributed by atoms with E-state index in [0.29, 0.717) is 5.65 Å². The molecule has 27 heavy (non-hydrogen) atoms. The number of fused-ring (bicyclic) bond motifs is 1. The number of hydrogen-bond acceptors (Lipinski definition) is 3. The molecule has 4 rings (SSSR count). The van der Waals surface area contributed by atoms with E-state index in [2.05, 4.69) is 15.0 Å². The van der Waals surface area contributed by atoms with E-state index in [-0.39, 0.29) is 32.7 Å². The number of rotatable bonds is 3. The summed E-state index contributed by atoms with van der Waals surface area (Å²) in [6.07, 6.45) is 5.94. The van der Waals surface area contributed by atoms with Crippen LogP contribution >= 0.6 is 23.2 Å². The molecular formula is C19H10Cl2F2N4. The molecule has 0 aliphatic carbocycles. The van der Waals surface area contributed by atoms with Crippen molar-refractivity contribution in [2.45, 2.75) is 0 Å². The zero-order valence-corrected chi connectivity index (χ0v) is 15.1. The lowest BCUT2D eigenvalue weighted by Gasteiger charge is -2.05. The summed E-state index contributed by atoms with van der Waals surface area (Å²) >= 11 is 12.2. The highest BCUT2D eigenvalue weighted by molar-refractivity contribution is 6.33. The number of nitrogens with zero attached hydrogens (tertiary/aromatic N) is 4. The second-order valence-corrected chi connectivity index (χ2v) is 6.39. The van der Waals surface area contributed by atoms with Gasteiger partial charge in [-0.15, -0.1) is 0 Å². The molecule has 4 nitrogen and oxygen atoms in total. The van der Waals surface area contributed by atoms with Gasteiger partial charge in [-0.1, -0.05) is 35.3 Å². The molecule has 0 atom stereocenters. The van der Waals surface area contributed by atoms with Crippen molar-refractivity contribution in [1.29, 1.82) is 0 Å². The van der Waals surface area contributed by atoms with Gasteiger partial charge in [0.25, 0.3) is 0 Å². The van der Waals surface area contributed by atoms with Crippen LogP contribution in [0.3, 0.4) is 0 Å². The third-order valence-electron chi connectivity index (χ3n) is 3.92. The first kappa shape index (κ1) is 17.6. The normalized spacial score (nSPS) is 11.6. The van der Waals surface area contributed by atoms with Crippen LogP contribution in [0.1, 0.15) is 5.56 Å². The van der Waals surface area contributed by atoms with Gasteiger partial charge in [-0.3, -0.25) is 9.38 Å². The SMILES string of the molecule is Fc1cccc(Cl)c1/C=N/c1c(-c2c(F)cccc2Cl)nc2cnccn12. The standard InChI is InChI=1S/C19H10Cl2F2N4/c20-12-3-1-5-14(22)11(12)9-25-19-18(17-13(21)4-2-6-15(17)23)26-16-10-24-7-8-27(16)19/h1-10H/b25-9+. The fourth-order valence-electron chi connectivity index (χ4n) is 2.67. The maximum atomic E-state index is 14.5.